The lowest BCUT2D eigenvalue weighted by Crippen LogP contribution is -2.40. The molecule has 0 spiro atoms. The van der Waals surface area contributed by atoms with Crippen LogP contribution in [0.5, 0.6) is 5.75 Å². The van der Waals surface area contributed by atoms with Gasteiger partial charge >= 0.3 is 12.3 Å². The predicted octanol–water partition coefficient (Wildman–Crippen LogP) is 0.406. The lowest BCUT2D eigenvalue weighted by atomic mass is 10.3. The Kier molecular flexibility index (Phi) is 6.15. The van der Waals surface area contributed by atoms with Gasteiger partial charge in [0.15, 0.2) is 0 Å². The van der Waals surface area contributed by atoms with Gasteiger partial charge in [0.2, 0.25) is 15.9 Å². The predicted molar refractivity (Wildman–Crippen MR) is 73.6 cm³/mol. The molecule has 0 aliphatic heterocycles. The SMILES string of the molecule is CN(CC(=O)O)C(=O)CNS(=O)(=O)c1ccc(OC(F)(F)F)cc1. The van der Waals surface area contributed by atoms with Gasteiger partial charge in [-0.15, -0.1) is 13.2 Å². The summed E-state index contributed by atoms with van der Waals surface area (Å²) in [6.45, 7) is -1.31. The van der Waals surface area contributed by atoms with Crippen molar-refractivity contribution in [3.63, 3.8) is 0 Å². The van der Waals surface area contributed by atoms with E-state index >= 15 is 0 Å². The molecule has 0 saturated carbocycles. The van der Waals surface area contributed by atoms with E-state index in [1.54, 1.807) is 0 Å². The smallest absolute Gasteiger partial charge is 0.480 e. The van der Waals surface area contributed by atoms with Crippen molar-refractivity contribution in [1.82, 2.24) is 9.62 Å². The molecule has 0 unspecified atom stereocenters. The van der Waals surface area contributed by atoms with Crippen molar-refractivity contribution in [1.29, 1.82) is 0 Å². The van der Waals surface area contributed by atoms with Crippen molar-refractivity contribution in [3.05, 3.63) is 24.3 Å². The van der Waals surface area contributed by atoms with E-state index in [-0.39, 0.29) is 4.90 Å². The van der Waals surface area contributed by atoms with E-state index < -0.39 is 47.1 Å². The molecule has 0 saturated heterocycles. The summed E-state index contributed by atoms with van der Waals surface area (Å²) in [5, 5.41) is 8.52. The quantitative estimate of drug-likeness (QED) is 0.719. The molecule has 24 heavy (non-hydrogen) atoms. The van der Waals surface area contributed by atoms with Gasteiger partial charge < -0.3 is 14.7 Å². The van der Waals surface area contributed by atoms with Crippen LogP contribution in [0, 0.1) is 0 Å². The van der Waals surface area contributed by atoms with Gasteiger partial charge in [0, 0.05) is 7.05 Å². The average Bonchev–Trinajstić information content (AvgIpc) is 2.43. The van der Waals surface area contributed by atoms with Crippen molar-refractivity contribution >= 4 is 21.9 Å². The summed E-state index contributed by atoms with van der Waals surface area (Å²) < 4.78 is 65.4. The van der Waals surface area contributed by atoms with Gasteiger partial charge in [-0.2, -0.15) is 0 Å². The first-order chi connectivity index (χ1) is 10.9. The molecule has 1 aromatic carbocycles. The maximum absolute atomic E-state index is 12.0. The van der Waals surface area contributed by atoms with Crippen molar-refractivity contribution in [2.24, 2.45) is 0 Å². The van der Waals surface area contributed by atoms with Crippen molar-refractivity contribution in [2.45, 2.75) is 11.3 Å². The molecule has 0 bridgehead atoms. The second-order valence-corrected chi connectivity index (χ2v) is 6.25. The van der Waals surface area contributed by atoms with Gasteiger partial charge in [-0.25, -0.2) is 13.1 Å². The molecule has 0 aliphatic rings. The number of carboxylic acids is 1. The molecule has 0 radical (unpaired) electrons. The molecule has 1 amide bonds. The van der Waals surface area contributed by atoms with Crippen LogP contribution in [-0.4, -0.2) is 56.8 Å². The van der Waals surface area contributed by atoms with E-state index in [1.165, 1.54) is 7.05 Å². The molecule has 0 aromatic heterocycles. The third kappa shape index (κ3) is 6.42. The van der Waals surface area contributed by atoms with E-state index in [9.17, 15) is 31.2 Å². The fourth-order valence-corrected chi connectivity index (χ4v) is 2.46. The number of carbonyl (C=O) groups is 2. The number of amides is 1. The Bertz CT molecular complexity index is 702. The van der Waals surface area contributed by atoms with Gasteiger partial charge in [0.25, 0.3) is 0 Å². The normalized spacial score (nSPS) is 11.8. The highest BCUT2D eigenvalue weighted by molar-refractivity contribution is 7.89. The highest BCUT2D eigenvalue weighted by atomic mass is 32.2. The Balaban J connectivity index is 2.72. The largest absolute Gasteiger partial charge is 0.573 e. The molecule has 0 aliphatic carbocycles. The first-order valence-electron chi connectivity index (χ1n) is 6.22. The first-order valence-corrected chi connectivity index (χ1v) is 7.70. The Morgan fingerprint density at radius 3 is 2.25 bits per heavy atom. The van der Waals surface area contributed by atoms with Crippen LogP contribution in [0.2, 0.25) is 0 Å². The highest BCUT2D eigenvalue weighted by Crippen LogP contribution is 2.23. The van der Waals surface area contributed by atoms with Crippen LogP contribution < -0.4 is 9.46 Å². The monoisotopic (exact) mass is 370 g/mol. The summed E-state index contributed by atoms with van der Waals surface area (Å²) in [7, 11) is -2.98. The number of carbonyl (C=O) groups excluding carboxylic acids is 1. The molecular weight excluding hydrogens is 357 g/mol. The van der Waals surface area contributed by atoms with E-state index in [2.05, 4.69) is 4.74 Å². The molecule has 0 heterocycles. The minimum Gasteiger partial charge on any atom is -0.480 e. The van der Waals surface area contributed by atoms with Gasteiger partial charge in [0.1, 0.15) is 12.3 Å². The van der Waals surface area contributed by atoms with Gasteiger partial charge in [-0.05, 0) is 24.3 Å². The highest BCUT2D eigenvalue weighted by Gasteiger charge is 2.31. The van der Waals surface area contributed by atoms with Crippen LogP contribution in [0.3, 0.4) is 0 Å². The number of aliphatic carboxylic acids is 1. The second-order valence-electron chi connectivity index (χ2n) is 4.49. The molecular formula is C12H13F3N2O6S. The first kappa shape index (κ1) is 19.7. The van der Waals surface area contributed by atoms with Crippen LogP contribution in [0.25, 0.3) is 0 Å². The van der Waals surface area contributed by atoms with Gasteiger partial charge in [-0.1, -0.05) is 0 Å². The number of hydrogen-bond donors (Lipinski definition) is 2. The maximum atomic E-state index is 12.0. The van der Waals surface area contributed by atoms with Crippen LogP contribution in [0.4, 0.5) is 13.2 Å². The number of carboxylic acid groups (broad SMARTS) is 1. The minimum absolute atomic E-state index is 0.384. The average molecular weight is 370 g/mol. The Labute approximate surface area is 134 Å². The topological polar surface area (TPSA) is 113 Å². The van der Waals surface area contributed by atoms with E-state index in [4.69, 9.17) is 5.11 Å². The number of nitrogens with one attached hydrogen (secondary N) is 1. The summed E-state index contributed by atoms with van der Waals surface area (Å²) in [5.41, 5.74) is 0. The number of hydrogen-bond acceptors (Lipinski definition) is 5. The molecule has 134 valence electrons. The molecule has 1 aromatic rings. The molecule has 8 nitrogen and oxygen atoms in total. The minimum atomic E-state index is -4.90. The zero-order valence-electron chi connectivity index (χ0n) is 12.2. The molecule has 1 rings (SSSR count). The van der Waals surface area contributed by atoms with Crippen molar-refractivity contribution < 1.29 is 41.0 Å². The second kappa shape index (κ2) is 7.49. The van der Waals surface area contributed by atoms with Crippen molar-refractivity contribution in [3.8, 4) is 5.75 Å². The number of rotatable bonds is 7. The fourth-order valence-electron chi connectivity index (χ4n) is 1.49. The van der Waals surface area contributed by atoms with Crippen LogP contribution in [0.1, 0.15) is 0 Å². The summed E-state index contributed by atoms with van der Waals surface area (Å²) in [4.78, 5) is 22.4. The van der Waals surface area contributed by atoms with Gasteiger partial charge in [0.05, 0.1) is 11.4 Å². The summed E-state index contributed by atoms with van der Waals surface area (Å²) in [6, 6.07) is 3.35. The van der Waals surface area contributed by atoms with Crippen LogP contribution in [-0.2, 0) is 19.6 Å². The maximum Gasteiger partial charge on any atom is 0.573 e. The number of nitrogens with zero attached hydrogens (tertiary/aromatic N) is 1. The zero-order chi connectivity index (χ0) is 18.5. The summed E-state index contributed by atoms with van der Waals surface area (Å²) >= 11 is 0. The van der Waals surface area contributed by atoms with Gasteiger partial charge in [-0.3, -0.25) is 9.59 Å². The Morgan fingerprint density at radius 1 is 1.25 bits per heavy atom. The van der Waals surface area contributed by atoms with E-state index in [0.29, 0.717) is 0 Å². The fraction of sp³-hybridized carbons (Fsp3) is 0.333. The third-order valence-corrected chi connectivity index (χ3v) is 4.00. The van der Waals surface area contributed by atoms with Crippen LogP contribution >= 0.6 is 0 Å². The summed E-state index contributed by atoms with van der Waals surface area (Å²) in [6.07, 6.45) is -4.90. The molecule has 2 N–H and O–H groups in total. The number of benzene rings is 1. The number of likely N-dealkylation sites (N-methyl/N-ethyl adjacent to an activating group) is 1. The number of halogens is 3. The van der Waals surface area contributed by atoms with Crippen LogP contribution in [0.15, 0.2) is 29.2 Å². The molecule has 12 heteroatoms. The molecule has 0 fully saturated rings. The van der Waals surface area contributed by atoms with Crippen molar-refractivity contribution in [2.75, 3.05) is 20.1 Å². The number of ether oxygens (including phenoxy) is 1. The van der Waals surface area contributed by atoms with E-state index in [1.807, 2.05) is 4.72 Å². The lowest BCUT2D eigenvalue weighted by molar-refractivity contribution is -0.274. The number of alkyl halides is 3. The zero-order valence-corrected chi connectivity index (χ0v) is 13.0. The molecule has 0 atom stereocenters. The standard InChI is InChI=1S/C12H13F3N2O6S/c1-17(7-11(19)20)10(18)6-16-24(21,22)9-4-2-8(3-5-9)23-12(13,14)15/h2-5,16H,6-7H2,1H3,(H,19,20). The Morgan fingerprint density at radius 2 is 1.79 bits per heavy atom. The number of sulfonamides is 1. The van der Waals surface area contributed by atoms with E-state index in [0.717, 1.165) is 29.2 Å². The lowest BCUT2D eigenvalue weighted by Gasteiger charge is -2.15. The Hall–Kier alpha value is -2.34. The summed E-state index contributed by atoms with van der Waals surface area (Å²) in [5.74, 6) is -2.66. The third-order valence-electron chi connectivity index (χ3n) is 2.58.